The summed E-state index contributed by atoms with van der Waals surface area (Å²) in [5, 5.41) is 0. The summed E-state index contributed by atoms with van der Waals surface area (Å²) in [5.74, 6) is -0.500. The van der Waals surface area contributed by atoms with E-state index < -0.39 is 5.82 Å². The Bertz CT molecular complexity index is 128. The van der Waals surface area contributed by atoms with Crippen LogP contribution in [0.5, 0.6) is 0 Å². The summed E-state index contributed by atoms with van der Waals surface area (Å²) in [6.45, 7) is 0. The van der Waals surface area contributed by atoms with Gasteiger partial charge >= 0.3 is 51.4 Å². The average molecular weight is 647 g/mol. The van der Waals surface area contributed by atoms with Crippen molar-refractivity contribution in [1.29, 1.82) is 0 Å². The number of hydrogen-bond acceptors (Lipinski definition) is 2. The largest absolute Gasteiger partial charge is 1.00 e. The van der Waals surface area contributed by atoms with E-state index in [0.717, 1.165) is 0 Å². The van der Waals surface area contributed by atoms with Gasteiger partial charge in [0.05, 0.1) is 2.74 Å². The molecule has 7 heteroatoms. The minimum Gasteiger partial charge on any atom is -1.00 e. The molecule has 6 radical (unpaired) electrons. The predicted molar refractivity (Wildman–Crippen MR) is 47.1 cm³/mol. The van der Waals surface area contributed by atoms with Gasteiger partial charge in [0, 0.05) is 79.1 Å². The number of hydrogen-bond donors (Lipinski definition) is 1. The Morgan fingerprint density at radius 3 is 1.91 bits per heavy atom. The summed E-state index contributed by atoms with van der Waals surface area (Å²) in [6.07, 6.45) is 1.71. The topological polar surface area (TPSA) is 26.0 Å². The van der Waals surface area contributed by atoms with E-state index in [1.165, 1.54) is 0 Å². The van der Waals surface area contributed by atoms with Gasteiger partial charge in [-0.05, 0) is 11.9 Å². The van der Waals surface area contributed by atoms with Crippen LogP contribution in [0.4, 0.5) is 0 Å². The van der Waals surface area contributed by atoms with Gasteiger partial charge < -0.3 is 7.16 Å². The Kier molecular flexibility index (Phi) is 288. The average Bonchev–Trinajstić information content (AvgIpc) is 1.65. The molecule has 2 N–H and O–H groups in total. The van der Waals surface area contributed by atoms with E-state index in [9.17, 15) is 0 Å². The Morgan fingerprint density at radius 2 is 1.91 bits per heavy atom. The molecular weight excluding hydrogens is 631 g/mol. The van der Waals surface area contributed by atoms with Gasteiger partial charge in [0.1, 0.15) is 1.37 Å². The SMILES string of the molecule is C.[2H]C#CN.[2H]C([3H])=S.[3H-].[B].[B].[K+].[U].[U]. The van der Waals surface area contributed by atoms with E-state index in [1.54, 1.807) is 6.40 Å². The van der Waals surface area contributed by atoms with Crippen molar-refractivity contribution in [3.05, 3.63) is 0 Å². The minimum atomic E-state index is -0.500. The van der Waals surface area contributed by atoms with Gasteiger partial charge in [-0.2, -0.15) is 0 Å². The summed E-state index contributed by atoms with van der Waals surface area (Å²) in [6, 6.07) is 1.85. The van der Waals surface area contributed by atoms with Crippen LogP contribution in [0.25, 0.3) is 0 Å². The van der Waals surface area contributed by atoms with Crippen molar-refractivity contribution >= 4 is 34.9 Å². The van der Waals surface area contributed by atoms with Gasteiger partial charge in [-0.3, -0.25) is 0 Å². The smallest absolute Gasteiger partial charge is 1.00 e. The van der Waals surface area contributed by atoms with Gasteiger partial charge in [-0.15, -0.1) is 0 Å². The molecule has 0 atom stereocenters. The molecule has 0 spiro atoms. The van der Waals surface area contributed by atoms with E-state index in [1.807, 2.05) is 6.04 Å². The number of rotatable bonds is 0. The van der Waals surface area contributed by atoms with Gasteiger partial charge in [0.15, 0.2) is 0 Å². The Hall–Kier alpha value is 3.32. The van der Waals surface area contributed by atoms with Crippen LogP contribution in [0.2, 0.25) is 0 Å². The third kappa shape index (κ3) is 155. The zero-order valence-corrected chi connectivity index (χ0v) is 17.9. The van der Waals surface area contributed by atoms with Crippen LogP contribution in [0.3, 0.4) is 0 Å². The van der Waals surface area contributed by atoms with Gasteiger partial charge in [0.2, 0.25) is 0 Å². The molecule has 0 aliphatic rings. The maximum absolute atomic E-state index is 5.98. The second kappa shape index (κ2) is 108. The van der Waals surface area contributed by atoms with Crippen LogP contribution >= 0.6 is 12.2 Å². The Balaban J connectivity index is -0.00000000468. The summed E-state index contributed by atoms with van der Waals surface area (Å²) in [4.78, 5) is 0. The van der Waals surface area contributed by atoms with Gasteiger partial charge in [-0.25, -0.2) is 0 Å². The van der Waals surface area contributed by atoms with Crippen LogP contribution in [0.15, 0.2) is 0 Å². The zero-order valence-electron chi connectivity index (χ0n) is 9.64. The van der Waals surface area contributed by atoms with Crippen LogP contribution in [-0.4, -0.2) is 22.6 Å². The quantitative estimate of drug-likeness (QED) is 0.133. The van der Waals surface area contributed by atoms with Crippen molar-refractivity contribution in [2.45, 2.75) is 7.43 Å². The Labute approximate surface area is 176 Å². The van der Waals surface area contributed by atoms with Gasteiger partial charge in [-0.1, -0.05) is 26.0 Å². The van der Waals surface area contributed by atoms with Crippen LogP contribution < -0.4 is 57.1 Å². The van der Waals surface area contributed by atoms with Gasteiger partial charge in [0.25, 0.3) is 0 Å². The molecule has 0 aliphatic heterocycles. The standard InChI is InChI=1S/C2H3N.CH2S.CH4.2B.K.2U.H/c1-2-3;1-2;;;;;;;/h1H,3H2;1H2;1H4;;;;;;/q;;;;;+1;;;-1/i1D;1TD;;;;;;;1+2. The van der Waals surface area contributed by atoms with Crippen LogP contribution in [0, 0.1) is 74.7 Å². The first kappa shape index (κ1) is 29.2. The molecule has 1 nitrogen and oxygen atoms in total. The first-order valence-corrected chi connectivity index (χ1v) is 1.15. The number of nitrogens with two attached hydrogens (primary N) is 1. The predicted octanol–water partition coefficient (Wildman–Crippen LogP) is -2.86. The molecule has 0 aliphatic carbocycles. The van der Waals surface area contributed by atoms with Crippen LogP contribution in [0.1, 0.15) is 13.0 Å². The molecule has 0 aromatic rings. The monoisotopic (exact) mass is 647 g/mol. The molecule has 0 rings (SSSR count). The van der Waals surface area contributed by atoms with E-state index in [4.69, 9.17) is 4.11 Å². The normalized spacial score (nSPS) is 3.82. The molecular formula is C4H10B2KNSU2. The summed E-state index contributed by atoms with van der Waals surface area (Å²) < 4.78 is 17.9. The molecule has 0 bridgehead atoms. The molecule has 0 unspecified atom stereocenters. The van der Waals surface area contributed by atoms with E-state index in [0.29, 0.717) is 0 Å². The molecule has 0 saturated carbocycles. The molecule has 0 amide bonds. The second-order valence-electron chi connectivity index (χ2n) is 0.144. The molecule has 0 aromatic heterocycles. The fourth-order valence-corrected chi connectivity index (χ4v) is 0. The zero-order chi connectivity index (χ0) is 6.99. The van der Waals surface area contributed by atoms with Crippen molar-refractivity contribution in [3.63, 3.8) is 0 Å². The first-order valence-electron chi connectivity index (χ1n) is 2.24. The first-order chi connectivity index (χ1) is 3.65. The Morgan fingerprint density at radius 1 is 1.82 bits per heavy atom. The van der Waals surface area contributed by atoms with E-state index >= 15 is 0 Å². The molecule has 0 aromatic carbocycles. The summed E-state index contributed by atoms with van der Waals surface area (Å²) in [7, 11) is 0. The molecule has 11 heavy (non-hydrogen) atoms. The minimum absolute atomic E-state index is 0. The van der Waals surface area contributed by atoms with Crippen molar-refractivity contribution in [2.24, 2.45) is 5.73 Å². The number of terminal acetylenes is 1. The fourth-order valence-electron chi connectivity index (χ4n) is 0. The van der Waals surface area contributed by atoms with Crippen molar-refractivity contribution in [3.8, 4) is 12.4 Å². The molecule has 0 heterocycles. The summed E-state index contributed by atoms with van der Waals surface area (Å²) >= 11 is 3.87. The van der Waals surface area contributed by atoms with Crippen LogP contribution in [-0.2, 0) is 0 Å². The maximum atomic E-state index is 5.98. The van der Waals surface area contributed by atoms with E-state index in [-0.39, 0.29) is 139 Å². The number of thiocarbonyl (C=S) groups is 1. The second-order valence-corrected chi connectivity index (χ2v) is 0.144. The maximum Gasteiger partial charge on any atom is 1.00 e. The molecule has 0 fully saturated rings. The van der Waals surface area contributed by atoms with Crippen molar-refractivity contribution in [2.75, 3.05) is 0 Å². The third-order valence-electron chi connectivity index (χ3n) is 0. The van der Waals surface area contributed by atoms with E-state index in [2.05, 4.69) is 18.0 Å². The molecule has 52 valence electrons. The van der Waals surface area contributed by atoms with Crippen molar-refractivity contribution < 1.29 is 119 Å². The fraction of sp³-hybridized carbons (Fsp3) is 0.250. The third-order valence-corrected chi connectivity index (χ3v) is 0. The molecule has 0 saturated heterocycles. The summed E-state index contributed by atoms with van der Waals surface area (Å²) in [5.41, 5.74) is 4.48. The van der Waals surface area contributed by atoms with Crippen molar-refractivity contribution in [1.82, 2.24) is 0 Å².